The van der Waals surface area contributed by atoms with E-state index in [1.807, 2.05) is 13.8 Å². The third-order valence-electron chi connectivity index (χ3n) is 10.7. The highest BCUT2D eigenvalue weighted by molar-refractivity contribution is 8.13. The number of carbonyl (C=O) groups is 2. The number of alkyl halides is 3. The first-order valence-corrected chi connectivity index (χ1v) is 15.0. The van der Waals surface area contributed by atoms with E-state index in [1.54, 1.807) is 24.3 Å². The molecule has 0 radical (unpaired) electrons. The minimum Gasteiger partial charge on any atom is -0.390 e. The van der Waals surface area contributed by atoms with Crippen molar-refractivity contribution in [1.29, 1.82) is 0 Å². The highest BCUT2D eigenvalue weighted by Crippen LogP contribution is 2.75. The van der Waals surface area contributed by atoms with E-state index in [1.165, 1.54) is 19.1 Å². The van der Waals surface area contributed by atoms with Crippen molar-refractivity contribution in [3.8, 4) is 0 Å². The molecule has 1 aromatic carbocycles. The van der Waals surface area contributed by atoms with Crippen molar-refractivity contribution >= 4 is 39.9 Å². The number of rotatable bonds is 6. The van der Waals surface area contributed by atoms with Crippen molar-refractivity contribution in [3.05, 3.63) is 53.1 Å². The van der Waals surface area contributed by atoms with Gasteiger partial charge in [-0.25, -0.2) is 8.78 Å². The van der Waals surface area contributed by atoms with Gasteiger partial charge in [0.1, 0.15) is 6.17 Å². The van der Waals surface area contributed by atoms with Crippen molar-refractivity contribution in [2.75, 3.05) is 24.0 Å². The lowest BCUT2D eigenvalue weighted by Gasteiger charge is -2.66. The van der Waals surface area contributed by atoms with Crippen molar-refractivity contribution in [2.45, 2.75) is 58.0 Å². The smallest absolute Gasteiger partial charge is 0.193 e. The van der Waals surface area contributed by atoms with Gasteiger partial charge in [0.05, 0.1) is 18.5 Å². The summed E-state index contributed by atoms with van der Waals surface area (Å²) in [4.78, 5) is 25.8. The Morgan fingerprint density at radius 2 is 1.85 bits per heavy atom. The molecular weight excluding hydrogens is 563 g/mol. The number of ketones is 1. The fourth-order valence-corrected chi connectivity index (χ4v) is 9.68. The predicted molar refractivity (Wildman–Crippen MR) is 150 cm³/mol. The first-order chi connectivity index (χ1) is 18.7. The van der Waals surface area contributed by atoms with E-state index >= 15 is 8.78 Å². The summed E-state index contributed by atoms with van der Waals surface area (Å²) < 4.78 is 46.7. The number of hydroxylamine groups is 1. The minimum atomic E-state index is -2.30. The van der Waals surface area contributed by atoms with Gasteiger partial charge in [0.2, 0.25) is 0 Å². The van der Waals surface area contributed by atoms with Gasteiger partial charge in [-0.15, -0.1) is 0 Å². The largest absolute Gasteiger partial charge is 0.390 e. The molecule has 5 nitrogen and oxygen atoms in total. The summed E-state index contributed by atoms with van der Waals surface area (Å²) in [6, 6.07) is 6.53. The minimum absolute atomic E-state index is 0.0252. The van der Waals surface area contributed by atoms with Crippen LogP contribution in [0.3, 0.4) is 0 Å². The monoisotopic (exact) mass is 597 g/mol. The SMILES string of the molecule is CC12C=CC(=O)C=C1C(F)CC1C3(C)CC(CN(O)c4ccc(Cl)cc4)C(C(=O)SCCF)C3(C)CC(O)C12F. The molecule has 9 unspecified atom stereocenters. The van der Waals surface area contributed by atoms with Crippen LogP contribution in [0.1, 0.15) is 40.0 Å². The zero-order chi connectivity index (χ0) is 29.3. The Hall–Kier alpha value is -1.81. The van der Waals surface area contributed by atoms with Crippen molar-refractivity contribution in [1.82, 2.24) is 0 Å². The number of benzene rings is 1. The first-order valence-electron chi connectivity index (χ1n) is 13.6. The molecule has 218 valence electrons. The molecule has 0 spiro atoms. The van der Waals surface area contributed by atoms with Crippen LogP contribution in [0.5, 0.6) is 0 Å². The second kappa shape index (κ2) is 10.2. The second-order valence-electron chi connectivity index (χ2n) is 12.5. The molecule has 4 aliphatic carbocycles. The molecule has 0 amide bonds. The van der Waals surface area contributed by atoms with Crippen molar-refractivity contribution < 1.29 is 33.1 Å². The molecule has 2 N–H and O–H groups in total. The Morgan fingerprint density at radius 1 is 1.18 bits per heavy atom. The summed E-state index contributed by atoms with van der Waals surface area (Å²) in [5.74, 6) is -2.68. The van der Waals surface area contributed by atoms with Crippen molar-refractivity contribution in [2.24, 2.45) is 34.0 Å². The van der Waals surface area contributed by atoms with E-state index < -0.39 is 64.4 Å². The number of fused-ring (bicyclic) bond motifs is 5. The number of allylic oxidation sites excluding steroid dienone is 4. The highest BCUT2D eigenvalue weighted by atomic mass is 35.5. The lowest BCUT2D eigenvalue weighted by Crippen LogP contribution is -2.71. The fraction of sp³-hybridized carbons (Fsp3) is 0.600. The number of nitrogens with zero attached hydrogens (tertiary/aromatic N) is 1. The molecule has 1 aromatic rings. The number of halogens is 4. The van der Waals surface area contributed by atoms with Gasteiger partial charge in [-0.3, -0.25) is 24.2 Å². The van der Waals surface area contributed by atoms with Crippen LogP contribution in [0.15, 0.2) is 48.1 Å². The summed E-state index contributed by atoms with van der Waals surface area (Å²) in [7, 11) is 0. The molecule has 0 bridgehead atoms. The lowest BCUT2D eigenvalue weighted by atomic mass is 9.40. The molecule has 5 rings (SSSR count). The molecule has 0 heterocycles. The third-order valence-corrected chi connectivity index (χ3v) is 11.8. The number of anilines is 1. The first kappa shape index (κ1) is 29.7. The molecule has 3 fully saturated rings. The number of thioether (sulfide) groups is 1. The summed E-state index contributed by atoms with van der Waals surface area (Å²) in [5, 5.41) is 23.9. The molecule has 4 aliphatic rings. The highest BCUT2D eigenvalue weighted by Gasteiger charge is 2.77. The van der Waals surface area contributed by atoms with E-state index in [2.05, 4.69) is 0 Å². The molecular formula is C30H35ClF3NO4S. The van der Waals surface area contributed by atoms with Crippen LogP contribution in [0, 0.1) is 34.0 Å². The summed E-state index contributed by atoms with van der Waals surface area (Å²) in [6.45, 7) is 4.58. The number of hydrogen-bond acceptors (Lipinski definition) is 6. The predicted octanol–water partition coefficient (Wildman–Crippen LogP) is 6.32. The van der Waals surface area contributed by atoms with Crippen LogP contribution in [-0.2, 0) is 9.59 Å². The molecule has 9 atom stereocenters. The summed E-state index contributed by atoms with van der Waals surface area (Å²) in [5.41, 5.74) is -5.27. The van der Waals surface area contributed by atoms with Gasteiger partial charge < -0.3 is 5.11 Å². The third kappa shape index (κ3) is 4.13. The fourth-order valence-electron chi connectivity index (χ4n) is 8.64. The normalized spacial score (nSPS) is 42.1. The average Bonchev–Trinajstić information content (AvgIpc) is 3.12. The van der Waals surface area contributed by atoms with Crippen LogP contribution < -0.4 is 5.06 Å². The lowest BCUT2D eigenvalue weighted by molar-refractivity contribution is -0.231. The zero-order valence-electron chi connectivity index (χ0n) is 22.7. The summed E-state index contributed by atoms with van der Waals surface area (Å²) >= 11 is 6.86. The molecule has 40 heavy (non-hydrogen) atoms. The standard InChI is InChI=1S/C30H35ClF3NO4S/c1-27-9-8-20(36)12-21(27)22(33)13-23-28(2)14-17(16-35(39)19-6-4-18(31)5-7-19)25(26(38)40-11-10-32)29(28,3)15-24(37)30(23,27)34/h4-9,12,17,22-25,37,39H,10-11,13-16H2,1-3H3. The van der Waals surface area contributed by atoms with Crippen LogP contribution >= 0.6 is 23.4 Å². The van der Waals surface area contributed by atoms with E-state index in [0.29, 0.717) is 10.7 Å². The van der Waals surface area contributed by atoms with Crippen LogP contribution in [0.25, 0.3) is 0 Å². The Bertz CT molecular complexity index is 1260. The van der Waals surface area contributed by atoms with Crippen LogP contribution in [0.4, 0.5) is 18.9 Å². The second-order valence-corrected chi connectivity index (χ2v) is 14.0. The Balaban J connectivity index is 1.58. The molecule has 0 saturated heterocycles. The van der Waals surface area contributed by atoms with Crippen molar-refractivity contribution in [3.63, 3.8) is 0 Å². The maximum absolute atomic E-state index is 17.7. The zero-order valence-corrected chi connectivity index (χ0v) is 24.3. The van der Waals surface area contributed by atoms with E-state index in [-0.39, 0.29) is 42.2 Å². The number of aliphatic hydroxyl groups is 1. The van der Waals surface area contributed by atoms with Gasteiger partial charge in [0, 0.05) is 34.6 Å². The Labute approximate surface area is 241 Å². The molecule has 10 heteroatoms. The number of carbonyl (C=O) groups excluding carboxylic acids is 2. The quantitative estimate of drug-likeness (QED) is 0.374. The maximum Gasteiger partial charge on any atom is 0.193 e. The maximum atomic E-state index is 17.7. The topological polar surface area (TPSA) is 77.8 Å². The average molecular weight is 598 g/mol. The Morgan fingerprint density at radius 3 is 2.50 bits per heavy atom. The van der Waals surface area contributed by atoms with Gasteiger partial charge in [0.25, 0.3) is 0 Å². The molecule has 0 aromatic heterocycles. The molecule has 3 saturated carbocycles. The van der Waals surface area contributed by atoms with Gasteiger partial charge >= 0.3 is 0 Å². The van der Waals surface area contributed by atoms with E-state index in [4.69, 9.17) is 11.6 Å². The van der Waals surface area contributed by atoms with Gasteiger partial charge in [-0.2, -0.15) is 0 Å². The van der Waals surface area contributed by atoms with Crippen LogP contribution in [-0.4, -0.2) is 58.1 Å². The van der Waals surface area contributed by atoms with E-state index in [0.717, 1.165) is 22.9 Å². The van der Waals surface area contributed by atoms with Gasteiger partial charge in [-0.1, -0.05) is 43.3 Å². The van der Waals surface area contributed by atoms with Gasteiger partial charge in [0.15, 0.2) is 16.6 Å². The number of hydrogen-bond donors (Lipinski definition) is 2. The molecule has 0 aliphatic heterocycles. The summed E-state index contributed by atoms with van der Waals surface area (Å²) in [6.07, 6.45) is 0.595. The van der Waals surface area contributed by atoms with Crippen LogP contribution in [0.2, 0.25) is 5.02 Å². The van der Waals surface area contributed by atoms with Gasteiger partial charge in [-0.05, 0) is 84.9 Å². The Kier molecular flexibility index (Phi) is 7.55. The van der Waals surface area contributed by atoms with E-state index in [9.17, 15) is 24.3 Å². The number of aliphatic hydroxyl groups excluding tert-OH is 1.